The molecule has 0 aromatic carbocycles. The number of ether oxygens (including phenoxy) is 1. The summed E-state index contributed by atoms with van der Waals surface area (Å²) in [4.78, 5) is 26.5. The summed E-state index contributed by atoms with van der Waals surface area (Å²) in [7, 11) is 0. The summed E-state index contributed by atoms with van der Waals surface area (Å²) in [6.07, 6.45) is 5.72. The van der Waals surface area contributed by atoms with Gasteiger partial charge >= 0.3 is 0 Å². The molecule has 1 aliphatic carbocycles. The molecule has 5 nitrogen and oxygen atoms in total. The highest BCUT2D eigenvalue weighted by atomic mass is 16.5. The van der Waals surface area contributed by atoms with Gasteiger partial charge in [-0.1, -0.05) is 33.6 Å². The minimum Gasteiger partial charge on any atom is -0.376 e. The van der Waals surface area contributed by atoms with Gasteiger partial charge in [0, 0.05) is 6.54 Å². The number of nitrogens with zero attached hydrogens (tertiary/aromatic N) is 1. The molecule has 2 amide bonds. The average molecular weight is 296 g/mol. The summed E-state index contributed by atoms with van der Waals surface area (Å²) >= 11 is 0. The van der Waals surface area contributed by atoms with Gasteiger partial charge < -0.3 is 15.0 Å². The monoisotopic (exact) mass is 296 g/mol. The van der Waals surface area contributed by atoms with E-state index in [9.17, 15) is 9.59 Å². The van der Waals surface area contributed by atoms with Crippen molar-refractivity contribution in [2.24, 2.45) is 5.92 Å². The first-order chi connectivity index (χ1) is 10.0. The molecule has 2 rings (SSSR count). The molecule has 2 fully saturated rings. The Hall–Kier alpha value is -1.10. The standard InChI is InChI=1S/C16H28N2O3/c1-4-13-15(19)17-14(11(2)3)16(20)18(13)9-10-21-12-7-5-6-8-12/h11-14H,4-10H2,1-3H3,(H,17,19). The van der Waals surface area contributed by atoms with E-state index in [4.69, 9.17) is 4.74 Å². The van der Waals surface area contributed by atoms with Crippen molar-refractivity contribution in [1.29, 1.82) is 0 Å². The van der Waals surface area contributed by atoms with Crippen LogP contribution in [0.4, 0.5) is 0 Å². The van der Waals surface area contributed by atoms with Crippen LogP contribution in [-0.2, 0) is 14.3 Å². The lowest BCUT2D eigenvalue weighted by molar-refractivity contribution is -0.151. The smallest absolute Gasteiger partial charge is 0.246 e. The van der Waals surface area contributed by atoms with Crippen LogP contribution >= 0.6 is 0 Å². The number of piperazine rings is 1. The summed E-state index contributed by atoms with van der Waals surface area (Å²) in [6.45, 7) is 6.91. The Labute approximate surface area is 127 Å². The Morgan fingerprint density at radius 1 is 1.29 bits per heavy atom. The van der Waals surface area contributed by atoms with Crippen molar-refractivity contribution < 1.29 is 14.3 Å². The lowest BCUT2D eigenvalue weighted by atomic mass is 9.97. The van der Waals surface area contributed by atoms with Crippen LogP contribution in [0.15, 0.2) is 0 Å². The summed E-state index contributed by atoms with van der Waals surface area (Å²) in [6, 6.07) is -0.744. The van der Waals surface area contributed by atoms with Crippen molar-refractivity contribution in [3.8, 4) is 0 Å². The normalized spacial score (nSPS) is 27.5. The first-order valence-corrected chi connectivity index (χ1v) is 8.27. The second-order valence-electron chi connectivity index (χ2n) is 6.46. The first kappa shape index (κ1) is 16.3. The largest absolute Gasteiger partial charge is 0.376 e. The highest BCUT2D eigenvalue weighted by Crippen LogP contribution is 2.21. The van der Waals surface area contributed by atoms with E-state index in [2.05, 4.69) is 5.32 Å². The second kappa shape index (κ2) is 7.25. The molecule has 21 heavy (non-hydrogen) atoms. The summed E-state index contributed by atoms with van der Waals surface area (Å²) in [5.74, 6) is 0.112. The fourth-order valence-corrected chi connectivity index (χ4v) is 3.28. The molecule has 1 aliphatic heterocycles. The van der Waals surface area contributed by atoms with Gasteiger partial charge in [0.2, 0.25) is 11.8 Å². The third-order valence-corrected chi connectivity index (χ3v) is 4.57. The lowest BCUT2D eigenvalue weighted by Gasteiger charge is -2.40. The van der Waals surface area contributed by atoms with Crippen LogP contribution in [0.25, 0.3) is 0 Å². The van der Waals surface area contributed by atoms with Crippen LogP contribution < -0.4 is 5.32 Å². The van der Waals surface area contributed by atoms with Crippen LogP contribution in [0, 0.1) is 5.92 Å². The van der Waals surface area contributed by atoms with Crippen molar-refractivity contribution in [1.82, 2.24) is 10.2 Å². The number of amides is 2. The summed E-state index contributed by atoms with van der Waals surface area (Å²) < 4.78 is 5.85. The predicted molar refractivity (Wildman–Crippen MR) is 80.8 cm³/mol. The van der Waals surface area contributed by atoms with E-state index in [1.54, 1.807) is 4.90 Å². The molecule has 120 valence electrons. The molecule has 0 aromatic heterocycles. The molecule has 1 heterocycles. The third-order valence-electron chi connectivity index (χ3n) is 4.57. The maximum absolute atomic E-state index is 12.6. The molecule has 0 bridgehead atoms. The van der Waals surface area contributed by atoms with E-state index >= 15 is 0 Å². The van der Waals surface area contributed by atoms with Gasteiger partial charge in [-0.15, -0.1) is 0 Å². The number of nitrogens with one attached hydrogen (secondary N) is 1. The Morgan fingerprint density at radius 3 is 2.52 bits per heavy atom. The summed E-state index contributed by atoms with van der Waals surface area (Å²) in [5, 5.41) is 2.86. The molecule has 1 saturated heterocycles. The van der Waals surface area contributed by atoms with Crippen LogP contribution in [0.5, 0.6) is 0 Å². The van der Waals surface area contributed by atoms with Crippen molar-refractivity contribution in [3.63, 3.8) is 0 Å². The number of hydrogen-bond acceptors (Lipinski definition) is 3. The zero-order valence-electron chi connectivity index (χ0n) is 13.4. The fraction of sp³-hybridized carbons (Fsp3) is 0.875. The highest BCUT2D eigenvalue weighted by molar-refractivity contribution is 5.97. The van der Waals surface area contributed by atoms with Gasteiger partial charge in [-0.2, -0.15) is 0 Å². The maximum atomic E-state index is 12.6. The zero-order valence-corrected chi connectivity index (χ0v) is 13.4. The molecule has 5 heteroatoms. The van der Waals surface area contributed by atoms with Crippen molar-refractivity contribution >= 4 is 11.8 Å². The number of carbonyl (C=O) groups excluding carboxylic acids is 2. The fourth-order valence-electron chi connectivity index (χ4n) is 3.28. The van der Waals surface area contributed by atoms with Gasteiger partial charge in [-0.25, -0.2) is 0 Å². The van der Waals surface area contributed by atoms with E-state index in [-0.39, 0.29) is 23.8 Å². The van der Waals surface area contributed by atoms with E-state index in [0.717, 1.165) is 12.8 Å². The number of rotatable bonds is 6. The van der Waals surface area contributed by atoms with E-state index in [1.165, 1.54) is 12.8 Å². The molecule has 2 atom stereocenters. The molecular weight excluding hydrogens is 268 g/mol. The average Bonchev–Trinajstić information content (AvgIpc) is 2.95. The van der Waals surface area contributed by atoms with E-state index < -0.39 is 6.04 Å². The van der Waals surface area contributed by atoms with Crippen molar-refractivity contribution in [2.75, 3.05) is 13.2 Å². The molecule has 1 saturated carbocycles. The number of carbonyl (C=O) groups is 2. The summed E-state index contributed by atoms with van der Waals surface area (Å²) in [5.41, 5.74) is 0. The molecule has 0 aromatic rings. The van der Waals surface area contributed by atoms with E-state index in [1.807, 2.05) is 20.8 Å². The Morgan fingerprint density at radius 2 is 1.95 bits per heavy atom. The van der Waals surface area contributed by atoms with Crippen LogP contribution in [0.3, 0.4) is 0 Å². The molecule has 2 aliphatic rings. The van der Waals surface area contributed by atoms with Crippen molar-refractivity contribution in [2.45, 2.75) is 71.1 Å². The maximum Gasteiger partial charge on any atom is 0.246 e. The first-order valence-electron chi connectivity index (χ1n) is 8.27. The lowest BCUT2D eigenvalue weighted by Crippen LogP contribution is -2.65. The van der Waals surface area contributed by atoms with Crippen molar-refractivity contribution in [3.05, 3.63) is 0 Å². The highest BCUT2D eigenvalue weighted by Gasteiger charge is 2.40. The molecule has 0 spiro atoms. The van der Waals surface area contributed by atoms with Crippen LogP contribution in [0.1, 0.15) is 52.9 Å². The minimum absolute atomic E-state index is 0.0309. The Bertz CT molecular complexity index is 378. The molecule has 2 unspecified atom stereocenters. The molecule has 0 radical (unpaired) electrons. The molecular formula is C16H28N2O3. The van der Waals surface area contributed by atoms with Gasteiger partial charge in [-0.05, 0) is 25.2 Å². The Kier molecular flexibility index (Phi) is 5.62. The Balaban J connectivity index is 1.94. The minimum atomic E-state index is -0.396. The zero-order chi connectivity index (χ0) is 15.4. The van der Waals surface area contributed by atoms with Gasteiger partial charge in [0.15, 0.2) is 0 Å². The van der Waals surface area contributed by atoms with Gasteiger partial charge in [0.1, 0.15) is 12.1 Å². The van der Waals surface area contributed by atoms with Crippen LogP contribution in [-0.4, -0.2) is 48.1 Å². The quantitative estimate of drug-likeness (QED) is 0.812. The second-order valence-corrected chi connectivity index (χ2v) is 6.46. The van der Waals surface area contributed by atoms with Gasteiger partial charge in [0.25, 0.3) is 0 Å². The van der Waals surface area contributed by atoms with Crippen LogP contribution in [0.2, 0.25) is 0 Å². The predicted octanol–water partition coefficient (Wildman–Crippen LogP) is 1.71. The number of hydrogen-bond donors (Lipinski definition) is 1. The van der Waals surface area contributed by atoms with Gasteiger partial charge in [-0.3, -0.25) is 9.59 Å². The topological polar surface area (TPSA) is 58.6 Å². The van der Waals surface area contributed by atoms with Gasteiger partial charge in [0.05, 0.1) is 12.7 Å². The third kappa shape index (κ3) is 3.76. The molecule has 1 N–H and O–H groups in total. The van der Waals surface area contributed by atoms with E-state index in [0.29, 0.717) is 25.7 Å². The SMILES string of the molecule is CCC1C(=O)NC(C(C)C)C(=O)N1CCOC1CCCC1.